The Morgan fingerprint density at radius 1 is 1.62 bits per heavy atom. The molecule has 0 saturated carbocycles. The zero-order valence-corrected chi connectivity index (χ0v) is 12.9. The minimum Gasteiger partial charge on any atom is -0.207 e. The van der Waals surface area contributed by atoms with Gasteiger partial charge < -0.3 is 0 Å². The van der Waals surface area contributed by atoms with Gasteiger partial charge in [-0.2, -0.15) is 0 Å². The molecule has 0 fully saturated rings. The van der Waals surface area contributed by atoms with Crippen LogP contribution in [-0.2, 0) is 10.0 Å². The highest BCUT2D eigenvalue weighted by atomic mass is 79.9. The van der Waals surface area contributed by atoms with Gasteiger partial charge in [0, 0.05) is 11.4 Å². The van der Waals surface area contributed by atoms with Gasteiger partial charge in [-0.05, 0) is 25.0 Å². The molecule has 1 aromatic heterocycles. The van der Waals surface area contributed by atoms with E-state index in [1.165, 1.54) is 0 Å². The minimum absolute atomic E-state index is 0.0915. The summed E-state index contributed by atoms with van der Waals surface area (Å²) < 4.78 is 27.3. The topological polar surface area (TPSA) is 46.2 Å². The first-order chi connectivity index (χ1) is 7.40. The zero-order valence-electron chi connectivity index (χ0n) is 8.96. The number of hydrogen-bond donors (Lipinski definition) is 1. The lowest BCUT2D eigenvalue weighted by molar-refractivity contribution is 0.561. The van der Waals surface area contributed by atoms with Gasteiger partial charge in [0.15, 0.2) is 0 Å². The fourth-order valence-corrected chi connectivity index (χ4v) is 4.94. The predicted octanol–water partition coefficient (Wildman–Crippen LogP) is 3.16. The van der Waals surface area contributed by atoms with Crippen molar-refractivity contribution in [1.82, 2.24) is 4.72 Å². The molecule has 1 heterocycles. The summed E-state index contributed by atoms with van der Waals surface area (Å²) in [5, 5.41) is 0.598. The van der Waals surface area contributed by atoms with Crippen LogP contribution in [0.15, 0.2) is 10.3 Å². The van der Waals surface area contributed by atoms with Crippen LogP contribution in [0.2, 0.25) is 4.34 Å². The Balaban J connectivity index is 2.94. The van der Waals surface area contributed by atoms with Crippen LogP contribution in [0.5, 0.6) is 0 Å². The second kappa shape index (κ2) is 5.82. The summed E-state index contributed by atoms with van der Waals surface area (Å²) in [7, 11) is -3.43. The molecule has 7 heteroatoms. The standard InChI is InChI=1S/C9H13BrClNO2S2/c1-3-7(5-10)12-16(13,14)8-4-6(2)9(11)15-8/h4,7,12H,3,5H2,1-2H3. The van der Waals surface area contributed by atoms with Crippen molar-refractivity contribution in [3.63, 3.8) is 0 Å². The van der Waals surface area contributed by atoms with Crippen LogP contribution >= 0.6 is 38.9 Å². The Bertz CT molecular complexity index is 435. The van der Waals surface area contributed by atoms with E-state index in [2.05, 4.69) is 20.7 Å². The molecule has 0 aromatic carbocycles. The lowest BCUT2D eigenvalue weighted by Gasteiger charge is -2.12. The largest absolute Gasteiger partial charge is 0.250 e. The number of halogens is 2. The Hall–Kier alpha value is 0.380. The number of hydrogen-bond acceptors (Lipinski definition) is 3. The maximum absolute atomic E-state index is 11.9. The summed E-state index contributed by atoms with van der Waals surface area (Å²) in [5.41, 5.74) is 0.791. The van der Waals surface area contributed by atoms with Crippen LogP contribution in [0, 0.1) is 6.92 Å². The van der Waals surface area contributed by atoms with Crippen LogP contribution in [0.25, 0.3) is 0 Å². The molecular formula is C9H13BrClNO2S2. The van der Waals surface area contributed by atoms with E-state index in [1.807, 2.05) is 6.92 Å². The lowest BCUT2D eigenvalue weighted by Crippen LogP contribution is -2.35. The first-order valence-corrected chi connectivity index (χ1v) is 8.54. The Morgan fingerprint density at radius 3 is 2.62 bits per heavy atom. The van der Waals surface area contributed by atoms with Crippen molar-refractivity contribution in [2.24, 2.45) is 0 Å². The van der Waals surface area contributed by atoms with Gasteiger partial charge in [0.25, 0.3) is 0 Å². The first kappa shape index (κ1) is 14.4. The Kier molecular flexibility index (Phi) is 5.25. The Labute approximate surface area is 113 Å². The molecule has 0 radical (unpaired) electrons. The number of alkyl halides is 1. The molecule has 16 heavy (non-hydrogen) atoms. The summed E-state index contributed by atoms with van der Waals surface area (Å²) in [6, 6.07) is 1.50. The smallest absolute Gasteiger partial charge is 0.207 e. The highest BCUT2D eigenvalue weighted by molar-refractivity contribution is 9.09. The average molecular weight is 347 g/mol. The zero-order chi connectivity index (χ0) is 12.3. The SMILES string of the molecule is CCC(CBr)NS(=O)(=O)c1cc(C)c(Cl)s1. The van der Waals surface area contributed by atoms with Crippen molar-refractivity contribution >= 4 is 48.9 Å². The normalized spacial score (nSPS) is 14.0. The molecule has 0 aliphatic carbocycles. The molecule has 0 spiro atoms. The van der Waals surface area contributed by atoms with E-state index in [0.29, 0.717) is 9.67 Å². The molecule has 0 saturated heterocycles. The fourth-order valence-electron chi connectivity index (χ4n) is 1.07. The van der Waals surface area contributed by atoms with E-state index < -0.39 is 10.0 Å². The van der Waals surface area contributed by atoms with Gasteiger partial charge in [-0.1, -0.05) is 34.5 Å². The third-order valence-corrected chi connectivity index (χ3v) is 6.43. The van der Waals surface area contributed by atoms with Crippen molar-refractivity contribution in [2.75, 3.05) is 5.33 Å². The summed E-state index contributed by atoms with van der Waals surface area (Å²) in [6.07, 6.45) is 0.739. The maximum Gasteiger partial charge on any atom is 0.250 e. The molecule has 1 aromatic rings. The summed E-state index contributed by atoms with van der Waals surface area (Å²) in [4.78, 5) is 0. The molecule has 1 atom stereocenters. The van der Waals surface area contributed by atoms with E-state index in [4.69, 9.17) is 11.6 Å². The molecule has 92 valence electrons. The van der Waals surface area contributed by atoms with Gasteiger partial charge >= 0.3 is 0 Å². The van der Waals surface area contributed by atoms with Crippen LogP contribution < -0.4 is 4.72 Å². The van der Waals surface area contributed by atoms with Crippen molar-refractivity contribution in [1.29, 1.82) is 0 Å². The van der Waals surface area contributed by atoms with Gasteiger partial charge in [0.1, 0.15) is 4.21 Å². The monoisotopic (exact) mass is 345 g/mol. The number of nitrogens with one attached hydrogen (secondary N) is 1. The lowest BCUT2D eigenvalue weighted by atomic mass is 10.3. The van der Waals surface area contributed by atoms with Crippen LogP contribution in [-0.4, -0.2) is 19.8 Å². The molecule has 0 amide bonds. The first-order valence-electron chi connectivity index (χ1n) is 4.75. The molecule has 1 rings (SSSR count). The van der Waals surface area contributed by atoms with E-state index in [-0.39, 0.29) is 10.3 Å². The van der Waals surface area contributed by atoms with E-state index in [1.54, 1.807) is 13.0 Å². The summed E-state index contributed by atoms with van der Waals surface area (Å²) in [6.45, 7) is 3.72. The van der Waals surface area contributed by atoms with Gasteiger partial charge in [0.2, 0.25) is 10.0 Å². The second-order valence-corrected chi connectivity index (χ2v) is 7.65. The number of thiophene rings is 1. The minimum atomic E-state index is -3.43. The Morgan fingerprint density at radius 2 is 2.25 bits per heavy atom. The summed E-state index contributed by atoms with van der Waals surface area (Å²) in [5.74, 6) is 0. The molecule has 3 nitrogen and oxygen atoms in total. The summed E-state index contributed by atoms with van der Waals surface area (Å²) >= 11 is 10.2. The fraction of sp³-hybridized carbons (Fsp3) is 0.556. The van der Waals surface area contributed by atoms with Crippen molar-refractivity contribution in [3.05, 3.63) is 16.0 Å². The number of aryl methyl sites for hydroxylation is 1. The number of sulfonamides is 1. The van der Waals surface area contributed by atoms with Gasteiger partial charge in [-0.3, -0.25) is 0 Å². The quantitative estimate of drug-likeness (QED) is 0.832. The maximum atomic E-state index is 11.9. The van der Waals surface area contributed by atoms with Crippen LogP contribution in [0.3, 0.4) is 0 Å². The molecule has 1 unspecified atom stereocenters. The molecule has 0 aliphatic heterocycles. The van der Waals surface area contributed by atoms with E-state index >= 15 is 0 Å². The van der Waals surface area contributed by atoms with E-state index in [0.717, 1.165) is 23.3 Å². The van der Waals surface area contributed by atoms with Crippen molar-refractivity contribution in [2.45, 2.75) is 30.5 Å². The van der Waals surface area contributed by atoms with Crippen molar-refractivity contribution in [3.8, 4) is 0 Å². The van der Waals surface area contributed by atoms with Gasteiger partial charge in [-0.25, -0.2) is 13.1 Å². The van der Waals surface area contributed by atoms with Crippen LogP contribution in [0.4, 0.5) is 0 Å². The molecular weight excluding hydrogens is 334 g/mol. The molecule has 0 aliphatic rings. The third-order valence-electron chi connectivity index (χ3n) is 2.10. The predicted molar refractivity (Wildman–Crippen MR) is 72.3 cm³/mol. The molecule has 0 bridgehead atoms. The van der Waals surface area contributed by atoms with Crippen molar-refractivity contribution < 1.29 is 8.42 Å². The highest BCUT2D eigenvalue weighted by Gasteiger charge is 2.21. The van der Waals surface area contributed by atoms with E-state index in [9.17, 15) is 8.42 Å². The highest BCUT2D eigenvalue weighted by Crippen LogP contribution is 2.30. The average Bonchev–Trinajstić information content (AvgIpc) is 2.56. The molecule has 1 N–H and O–H groups in total. The number of rotatable bonds is 5. The third kappa shape index (κ3) is 3.43. The second-order valence-electron chi connectivity index (χ2n) is 3.40. The van der Waals surface area contributed by atoms with Crippen LogP contribution in [0.1, 0.15) is 18.9 Å². The van der Waals surface area contributed by atoms with Gasteiger partial charge in [0.05, 0.1) is 4.34 Å². The van der Waals surface area contributed by atoms with Gasteiger partial charge in [-0.15, -0.1) is 11.3 Å².